The highest BCUT2D eigenvalue weighted by molar-refractivity contribution is 7.92. The van der Waals surface area contributed by atoms with Crippen LogP contribution >= 0.6 is 0 Å². The molecule has 100 valence electrons. The van der Waals surface area contributed by atoms with Crippen molar-refractivity contribution in [2.45, 2.75) is 18.7 Å². The Labute approximate surface area is 111 Å². The van der Waals surface area contributed by atoms with Gasteiger partial charge in [-0.25, -0.2) is 18.4 Å². The van der Waals surface area contributed by atoms with E-state index in [9.17, 15) is 8.42 Å². The third kappa shape index (κ3) is 2.82. The predicted octanol–water partition coefficient (Wildman–Crippen LogP) is 1.48. The number of nitrogens with one attached hydrogen (secondary N) is 1. The molecule has 1 heterocycles. The fraction of sp³-hybridized carbons (Fsp3) is 0.167. The topological polar surface area (TPSA) is 98.0 Å². The number of nitrogens with two attached hydrogens (primary N) is 1. The molecule has 0 radical (unpaired) electrons. The lowest BCUT2D eigenvalue weighted by atomic mass is 10.1. The summed E-state index contributed by atoms with van der Waals surface area (Å²) in [4.78, 5) is 7.68. The van der Waals surface area contributed by atoms with Crippen LogP contribution in [0.1, 0.15) is 11.1 Å². The van der Waals surface area contributed by atoms with Crippen LogP contribution in [-0.4, -0.2) is 18.4 Å². The average molecular weight is 278 g/mol. The lowest BCUT2D eigenvalue weighted by Gasteiger charge is -2.12. The molecule has 7 heteroatoms. The van der Waals surface area contributed by atoms with E-state index in [1.807, 2.05) is 6.92 Å². The van der Waals surface area contributed by atoms with Crippen molar-refractivity contribution in [3.05, 3.63) is 42.0 Å². The molecule has 0 amide bonds. The summed E-state index contributed by atoms with van der Waals surface area (Å²) in [6, 6.07) is 3.18. The van der Waals surface area contributed by atoms with Gasteiger partial charge in [0, 0.05) is 5.69 Å². The second-order valence-corrected chi connectivity index (χ2v) is 5.84. The molecule has 0 bridgehead atoms. The standard InChI is InChI=1S/C12H14N4O2S/c1-8-3-10(13)4-12(9(8)2)19(17,18)16-11-5-14-7-15-6-11/h3-7,16H,13H2,1-2H3. The van der Waals surface area contributed by atoms with Crippen molar-refractivity contribution in [3.63, 3.8) is 0 Å². The average Bonchev–Trinajstić information content (AvgIpc) is 2.34. The fourth-order valence-electron chi connectivity index (χ4n) is 1.69. The van der Waals surface area contributed by atoms with Gasteiger partial charge >= 0.3 is 0 Å². The lowest BCUT2D eigenvalue weighted by Crippen LogP contribution is -2.15. The van der Waals surface area contributed by atoms with Crippen LogP contribution in [-0.2, 0) is 10.0 Å². The van der Waals surface area contributed by atoms with Crippen LogP contribution in [0.2, 0.25) is 0 Å². The maximum Gasteiger partial charge on any atom is 0.262 e. The molecule has 0 aliphatic heterocycles. The van der Waals surface area contributed by atoms with Gasteiger partial charge < -0.3 is 5.73 Å². The first-order chi connectivity index (χ1) is 8.90. The minimum atomic E-state index is -3.70. The number of nitrogens with zero attached hydrogens (tertiary/aromatic N) is 2. The second kappa shape index (κ2) is 4.85. The van der Waals surface area contributed by atoms with Gasteiger partial charge in [-0.3, -0.25) is 4.72 Å². The Morgan fingerprint density at radius 2 is 1.79 bits per heavy atom. The zero-order valence-electron chi connectivity index (χ0n) is 10.6. The Balaban J connectivity index is 2.46. The summed E-state index contributed by atoms with van der Waals surface area (Å²) in [5.74, 6) is 0. The SMILES string of the molecule is Cc1cc(N)cc(S(=O)(=O)Nc2cncnc2)c1C. The Bertz CT molecular complexity index is 699. The van der Waals surface area contributed by atoms with Gasteiger partial charge in [0.2, 0.25) is 0 Å². The predicted molar refractivity (Wildman–Crippen MR) is 73.2 cm³/mol. The molecule has 2 rings (SSSR count). The van der Waals surface area contributed by atoms with Crippen molar-refractivity contribution in [3.8, 4) is 0 Å². The van der Waals surface area contributed by atoms with Crippen LogP contribution in [0.5, 0.6) is 0 Å². The van der Waals surface area contributed by atoms with Crippen LogP contribution in [0.4, 0.5) is 11.4 Å². The summed E-state index contributed by atoms with van der Waals surface area (Å²) in [6.45, 7) is 3.56. The van der Waals surface area contributed by atoms with Gasteiger partial charge in [0.15, 0.2) is 0 Å². The number of hydrogen-bond acceptors (Lipinski definition) is 5. The van der Waals surface area contributed by atoms with E-state index in [1.165, 1.54) is 24.8 Å². The molecule has 0 saturated heterocycles. The molecule has 0 aliphatic carbocycles. The highest BCUT2D eigenvalue weighted by Gasteiger charge is 2.18. The van der Waals surface area contributed by atoms with Gasteiger partial charge in [-0.2, -0.15) is 0 Å². The Kier molecular flexibility index (Phi) is 3.39. The molecular formula is C12H14N4O2S. The van der Waals surface area contributed by atoms with Gasteiger partial charge in [-0.1, -0.05) is 0 Å². The Morgan fingerprint density at radius 3 is 2.42 bits per heavy atom. The lowest BCUT2D eigenvalue weighted by molar-refractivity contribution is 0.600. The number of aromatic nitrogens is 2. The molecule has 0 unspecified atom stereocenters. The highest BCUT2D eigenvalue weighted by atomic mass is 32.2. The van der Waals surface area contributed by atoms with E-state index in [0.29, 0.717) is 16.9 Å². The molecule has 0 atom stereocenters. The number of hydrogen-bond donors (Lipinski definition) is 2. The van der Waals surface area contributed by atoms with Crippen molar-refractivity contribution in [1.82, 2.24) is 9.97 Å². The zero-order valence-corrected chi connectivity index (χ0v) is 11.4. The molecule has 0 fully saturated rings. The van der Waals surface area contributed by atoms with Crippen LogP contribution in [0.25, 0.3) is 0 Å². The van der Waals surface area contributed by atoms with Crippen molar-refractivity contribution in [2.75, 3.05) is 10.5 Å². The molecular weight excluding hydrogens is 264 g/mol. The normalized spacial score (nSPS) is 11.3. The molecule has 3 N–H and O–H groups in total. The minimum absolute atomic E-state index is 0.161. The fourth-order valence-corrected chi connectivity index (χ4v) is 3.08. The van der Waals surface area contributed by atoms with E-state index in [-0.39, 0.29) is 4.90 Å². The first-order valence-corrected chi connectivity index (χ1v) is 7.03. The molecule has 0 saturated carbocycles. The van der Waals surface area contributed by atoms with E-state index in [4.69, 9.17) is 5.73 Å². The number of aryl methyl sites for hydroxylation is 1. The van der Waals surface area contributed by atoms with Crippen molar-refractivity contribution < 1.29 is 8.42 Å². The number of sulfonamides is 1. The van der Waals surface area contributed by atoms with Gasteiger partial charge in [-0.05, 0) is 37.1 Å². The van der Waals surface area contributed by atoms with Gasteiger partial charge in [-0.15, -0.1) is 0 Å². The first-order valence-electron chi connectivity index (χ1n) is 5.55. The largest absolute Gasteiger partial charge is 0.399 e. The molecule has 1 aromatic heterocycles. The molecule has 2 aromatic rings. The Hall–Kier alpha value is -2.15. The number of rotatable bonds is 3. The van der Waals surface area contributed by atoms with E-state index >= 15 is 0 Å². The molecule has 0 spiro atoms. The summed E-state index contributed by atoms with van der Waals surface area (Å²) in [6.07, 6.45) is 4.10. The van der Waals surface area contributed by atoms with Crippen molar-refractivity contribution >= 4 is 21.4 Å². The van der Waals surface area contributed by atoms with Gasteiger partial charge in [0.05, 0.1) is 23.0 Å². The molecule has 0 aliphatic rings. The summed E-state index contributed by atoms with van der Waals surface area (Å²) >= 11 is 0. The van der Waals surface area contributed by atoms with E-state index in [0.717, 1.165) is 5.56 Å². The van der Waals surface area contributed by atoms with Crippen molar-refractivity contribution in [1.29, 1.82) is 0 Å². The van der Waals surface area contributed by atoms with Crippen LogP contribution in [0.3, 0.4) is 0 Å². The highest BCUT2D eigenvalue weighted by Crippen LogP contribution is 2.24. The summed E-state index contributed by atoms with van der Waals surface area (Å²) in [5, 5.41) is 0. The summed E-state index contributed by atoms with van der Waals surface area (Å²) in [7, 11) is -3.70. The van der Waals surface area contributed by atoms with E-state index < -0.39 is 10.0 Å². The number of anilines is 2. The summed E-state index contributed by atoms with van der Waals surface area (Å²) in [5.41, 5.74) is 7.91. The summed E-state index contributed by atoms with van der Waals surface area (Å²) < 4.78 is 27.0. The maximum absolute atomic E-state index is 12.3. The van der Waals surface area contributed by atoms with Crippen LogP contribution < -0.4 is 10.5 Å². The zero-order chi connectivity index (χ0) is 14.0. The third-order valence-corrected chi connectivity index (χ3v) is 4.25. The monoisotopic (exact) mass is 278 g/mol. The number of nitrogen functional groups attached to an aromatic ring is 1. The molecule has 19 heavy (non-hydrogen) atoms. The second-order valence-electron chi connectivity index (χ2n) is 4.19. The van der Waals surface area contributed by atoms with Crippen molar-refractivity contribution in [2.24, 2.45) is 0 Å². The van der Waals surface area contributed by atoms with Gasteiger partial charge in [0.25, 0.3) is 10.0 Å². The maximum atomic E-state index is 12.3. The Morgan fingerprint density at radius 1 is 1.16 bits per heavy atom. The third-order valence-electron chi connectivity index (χ3n) is 2.74. The van der Waals surface area contributed by atoms with E-state index in [2.05, 4.69) is 14.7 Å². The first kappa shape index (κ1) is 13.3. The smallest absolute Gasteiger partial charge is 0.262 e. The molecule has 6 nitrogen and oxygen atoms in total. The van der Waals surface area contributed by atoms with Crippen LogP contribution in [0, 0.1) is 13.8 Å². The quantitative estimate of drug-likeness (QED) is 0.829. The minimum Gasteiger partial charge on any atom is -0.399 e. The van der Waals surface area contributed by atoms with E-state index in [1.54, 1.807) is 13.0 Å². The van der Waals surface area contributed by atoms with Gasteiger partial charge in [0.1, 0.15) is 6.33 Å². The number of benzene rings is 1. The van der Waals surface area contributed by atoms with Crippen LogP contribution in [0.15, 0.2) is 35.7 Å². The molecule has 1 aromatic carbocycles.